The van der Waals surface area contributed by atoms with E-state index >= 15 is 0 Å². The number of aliphatic hydroxyl groups is 1. The Kier molecular flexibility index (Phi) is 3.52. The molecule has 0 aliphatic heterocycles. The second-order valence-corrected chi connectivity index (χ2v) is 7.87. The van der Waals surface area contributed by atoms with Crippen molar-refractivity contribution in [2.45, 2.75) is 73.8 Å². The van der Waals surface area contributed by atoms with Gasteiger partial charge in [-0.25, -0.2) is 0 Å². The molecule has 0 amide bonds. The third kappa shape index (κ3) is 2.03. The molecular formula is C15H30O. The van der Waals surface area contributed by atoms with Crippen molar-refractivity contribution in [3.63, 3.8) is 0 Å². The minimum Gasteiger partial charge on any atom is -0.393 e. The van der Waals surface area contributed by atoms with Crippen molar-refractivity contribution in [2.75, 3.05) is 0 Å². The maximum Gasteiger partial charge on any atom is 0.0606 e. The van der Waals surface area contributed by atoms with E-state index in [0.29, 0.717) is 0 Å². The van der Waals surface area contributed by atoms with Crippen molar-refractivity contribution in [3.05, 3.63) is 0 Å². The van der Waals surface area contributed by atoms with Gasteiger partial charge in [0, 0.05) is 5.41 Å². The molecule has 2 unspecified atom stereocenters. The van der Waals surface area contributed by atoms with Gasteiger partial charge in [-0.1, -0.05) is 48.5 Å². The molecule has 0 saturated heterocycles. The van der Waals surface area contributed by atoms with Crippen molar-refractivity contribution in [1.82, 2.24) is 0 Å². The highest BCUT2D eigenvalue weighted by atomic mass is 16.3. The van der Waals surface area contributed by atoms with Gasteiger partial charge in [0.25, 0.3) is 0 Å². The molecule has 1 nitrogen and oxygen atoms in total. The summed E-state index contributed by atoms with van der Waals surface area (Å²) in [5.41, 5.74) is 0.344. The summed E-state index contributed by atoms with van der Waals surface area (Å²) in [5, 5.41) is 10.6. The maximum absolute atomic E-state index is 10.6. The molecule has 1 rings (SSSR count). The van der Waals surface area contributed by atoms with Gasteiger partial charge in [-0.05, 0) is 36.0 Å². The van der Waals surface area contributed by atoms with Gasteiger partial charge in [-0.2, -0.15) is 0 Å². The van der Waals surface area contributed by atoms with Gasteiger partial charge in [0.1, 0.15) is 0 Å². The van der Waals surface area contributed by atoms with Crippen molar-refractivity contribution in [2.24, 2.45) is 22.2 Å². The van der Waals surface area contributed by atoms with Gasteiger partial charge in [0.05, 0.1) is 6.10 Å². The van der Waals surface area contributed by atoms with Crippen LogP contribution in [0.2, 0.25) is 0 Å². The summed E-state index contributed by atoms with van der Waals surface area (Å²) in [5.74, 6) is 0.738. The molecule has 1 saturated carbocycles. The fourth-order valence-electron chi connectivity index (χ4n) is 4.21. The monoisotopic (exact) mass is 226 g/mol. The number of hydrogen-bond acceptors (Lipinski definition) is 1. The summed E-state index contributed by atoms with van der Waals surface area (Å²) < 4.78 is 0. The summed E-state index contributed by atoms with van der Waals surface area (Å²) in [6.07, 6.45) is 3.15. The standard InChI is InChI=1S/C15H30O/c1-11-8-9-12(16)15(10-11,13(2,3)4)14(5,6)7/h11-12,16H,8-10H2,1-7H3. The van der Waals surface area contributed by atoms with Crippen LogP contribution in [0.3, 0.4) is 0 Å². The van der Waals surface area contributed by atoms with Gasteiger partial charge in [0.2, 0.25) is 0 Å². The van der Waals surface area contributed by atoms with Crippen molar-refractivity contribution >= 4 is 0 Å². The molecule has 16 heavy (non-hydrogen) atoms. The molecule has 0 radical (unpaired) electrons. The summed E-state index contributed by atoms with van der Waals surface area (Å²) in [7, 11) is 0. The van der Waals surface area contributed by atoms with E-state index in [1.165, 1.54) is 6.42 Å². The minimum absolute atomic E-state index is 0.0394. The molecule has 0 bridgehead atoms. The highest BCUT2D eigenvalue weighted by Gasteiger charge is 2.56. The van der Waals surface area contributed by atoms with Crippen LogP contribution in [0.15, 0.2) is 0 Å². The van der Waals surface area contributed by atoms with E-state index in [9.17, 15) is 5.11 Å². The first-order valence-electron chi connectivity index (χ1n) is 6.70. The lowest BCUT2D eigenvalue weighted by molar-refractivity contribution is -0.162. The van der Waals surface area contributed by atoms with Crippen LogP contribution in [0.5, 0.6) is 0 Å². The molecule has 0 heterocycles. The zero-order valence-corrected chi connectivity index (χ0v) is 12.2. The second-order valence-electron chi connectivity index (χ2n) is 7.87. The lowest BCUT2D eigenvalue weighted by Crippen LogP contribution is -2.57. The van der Waals surface area contributed by atoms with Crippen molar-refractivity contribution in [1.29, 1.82) is 0 Å². The average molecular weight is 226 g/mol. The van der Waals surface area contributed by atoms with Crippen LogP contribution in [-0.4, -0.2) is 11.2 Å². The normalized spacial score (nSPS) is 31.5. The molecule has 2 atom stereocenters. The molecular weight excluding hydrogens is 196 g/mol. The highest BCUT2D eigenvalue weighted by Crippen LogP contribution is 2.60. The van der Waals surface area contributed by atoms with Gasteiger partial charge in [-0.3, -0.25) is 0 Å². The van der Waals surface area contributed by atoms with Gasteiger partial charge < -0.3 is 5.11 Å². The van der Waals surface area contributed by atoms with Crippen LogP contribution in [0, 0.1) is 22.2 Å². The molecule has 96 valence electrons. The number of hydrogen-bond donors (Lipinski definition) is 1. The Balaban J connectivity index is 3.22. The summed E-state index contributed by atoms with van der Waals surface area (Å²) in [6, 6.07) is 0. The largest absolute Gasteiger partial charge is 0.393 e. The van der Waals surface area contributed by atoms with Crippen LogP contribution >= 0.6 is 0 Å². The van der Waals surface area contributed by atoms with Crippen LogP contribution < -0.4 is 0 Å². The second kappa shape index (κ2) is 4.01. The fraction of sp³-hybridized carbons (Fsp3) is 1.00. The van der Waals surface area contributed by atoms with Crippen molar-refractivity contribution < 1.29 is 5.11 Å². The number of rotatable bonds is 0. The Morgan fingerprint density at radius 2 is 1.38 bits per heavy atom. The smallest absolute Gasteiger partial charge is 0.0606 e. The topological polar surface area (TPSA) is 20.2 Å². The average Bonchev–Trinajstić information content (AvgIpc) is 2.04. The van der Waals surface area contributed by atoms with E-state index in [1.807, 2.05) is 0 Å². The zero-order chi connectivity index (χ0) is 12.8. The first-order valence-corrected chi connectivity index (χ1v) is 6.70. The summed E-state index contributed by atoms with van der Waals surface area (Å²) >= 11 is 0. The lowest BCUT2D eigenvalue weighted by atomic mass is 9.46. The fourth-order valence-corrected chi connectivity index (χ4v) is 4.21. The van der Waals surface area contributed by atoms with E-state index in [4.69, 9.17) is 0 Å². The SMILES string of the molecule is CC1CCC(O)C(C(C)(C)C)(C(C)(C)C)C1. The Bertz CT molecular complexity index is 227. The van der Waals surface area contributed by atoms with Gasteiger partial charge in [0.15, 0.2) is 0 Å². The quantitative estimate of drug-likeness (QED) is 0.655. The molecule has 1 aliphatic rings. The predicted molar refractivity (Wildman–Crippen MR) is 70.4 cm³/mol. The Labute approximate surface area is 102 Å². The number of aliphatic hydroxyl groups excluding tert-OH is 1. The molecule has 0 spiro atoms. The van der Waals surface area contributed by atoms with E-state index in [1.54, 1.807) is 0 Å². The first-order chi connectivity index (χ1) is 7.02. The highest BCUT2D eigenvalue weighted by molar-refractivity contribution is 5.05. The van der Waals surface area contributed by atoms with E-state index in [2.05, 4.69) is 48.5 Å². The Hall–Kier alpha value is -0.0400. The first kappa shape index (κ1) is 14.0. The Morgan fingerprint density at radius 3 is 1.69 bits per heavy atom. The molecule has 1 heteroatoms. The van der Waals surface area contributed by atoms with E-state index < -0.39 is 0 Å². The van der Waals surface area contributed by atoms with Gasteiger partial charge >= 0.3 is 0 Å². The van der Waals surface area contributed by atoms with Crippen LogP contribution in [-0.2, 0) is 0 Å². The third-order valence-corrected chi connectivity index (χ3v) is 4.85. The lowest BCUT2D eigenvalue weighted by Gasteiger charge is -2.59. The van der Waals surface area contributed by atoms with Crippen LogP contribution in [0.25, 0.3) is 0 Å². The maximum atomic E-state index is 10.6. The molecule has 1 aliphatic carbocycles. The predicted octanol–water partition coefficient (Wildman–Crippen LogP) is 4.25. The van der Waals surface area contributed by atoms with E-state index in [-0.39, 0.29) is 22.3 Å². The molecule has 0 aromatic rings. The minimum atomic E-state index is -0.149. The zero-order valence-electron chi connectivity index (χ0n) is 12.2. The van der Waals surface area contributed by atoms with E-state index in [0.717, 1.165) is 18.8 Å². The summed E-state index contributed by atoms with van der Waals surface area (Å²) in [6.45, 7) is 16.1. The molecule has 0 aromatic carbocycles. The van der Waals surface area contributed by atoms with Gasteiger partial charge in [-0.15, -0.1) is 0 Å². The Morgan fingerprint density at radius 1 is 0.938 bits per heavy atom. The molecule has 1 fully saturated rings. The molecule has 0 aromatic heterocycles. The van der Waals surface area contributed by atoms with Crippen molar-refractivity contribution in [3.8, 4) is 0 Å². The molecule has 1 N–H and O–H groups in total. The van der Waals surface area contributed by atoms with Crippen LogP contribution in [0.4, 0.5) is 0 Å². The summed E-state index contributed by atoms with van der Waals surface area (Å²) in [4.78, 5) is 0. The third-order valence-electron chi connectivity index (χ3n) is 4.85. The van der Waals surface area contributed by atoms with Crippen LogP contribution in [0.1, 0.15) is 67.7 Å².